The highest BCUT2D eigenvalue weighted by Gasteiger charge is 2.18. The van der Waals surface area contributed by atoms with Crippen molar-refractivity contribution in [1.29, 1.82) is 0 Å². The van der Waals surface area contributed by atoms with Gasteiger partial charge in [-0.1, -0.05) is 53.1 Å². The lowest BCUT2D eigenvalue weighted by Gasteiger charge is -2.18. The zero-order valence-corrected chi connectivity index (χ0v) is 19.4. The lowest BCUT2D eigenvalue weighted by atomic mass is 9.99. The van der Waals surface area contributed by atoms with E-state index in [0.717, 1.165) is 22.3 Å². The molecule has 1 atom stereocenters. The summed E-state index contributed by atoms with van der Waals surface area (Å²) in [7, 11) is -3.75. The zero-order valence-electron chi connectivity index (χ0n) is 17.9. The van der Waals surface area contributed by atoms with E-state index in [1.165, 1.54) is 30.3 Å². The fourth-order valence-corrected chi connectivity index (χ4v) is 4.59. The highest BCUT2D eigenvalue weighted by molar-refractivity contribution is 7.92. The van der Waals surface area contributed by atoms with Gasteiger partial charge in [-0.2, -0.15) is 0 Å². The third kappa shape index (κ3) is 5.46. The van der Waals surface area contributed by atoms with Crippen LogP contribution in [-0.4, -0.2) is 14.3 Å². The van der Waals surface area contributed by atoms with Gasteiger partial charge in [0.1, 0.15) is 0 Å². The Bertz CT molecular complexity index is 1220. The van der Waals surface area contributed by atoms with Crippen molar-refractivity contribution in [2.24, 2.45) is 0 Å². The van der Waals surface area contributed by atoms with Crippen molar-refractivity contribution in [3.63, 3.8) is 0 Å². The molecule has 3 rings (SSSR count). The second kappa shape index (κ2) is 9.12. The maximum Gasteiger partial charge on any atom is 0.261 e. The van der Waals surface area contributed by atoms with Crippen LogP contribution in [0.3, 0.4) is 0 Å². The monoisotopic (exact) mass is 456 g/mol. The maximum absolute atomic E-state index is 12.8. The van der Waals surface area contributed by atoms with Crippen molar-refractivity contribution >= 4 is 33.2 Å². The van der Waals surface area contributed by atoms with Crippen LogP contribution in [-0.2, 0) is 10.0 Å². The van der Waals surface area contributed by atoms with Gasteiger partial charge in [-0.05, 0) is 69.2 Å². The van der Waals surface area contributed by atoms with Crippen LogP contribution in [0.4, 0.5) is 5.69 Å². The van der Waals surface area contributed by atoms with E-state index in [2.05, 4.69) is 10.0 Å². The van der Waals surface area contributed by atoms with Crippen LogP contribution < -0.4 is 10.0 Å². The number of hydrogen-bond donors (Lipinski definition) is 2. The van der Waals surface area contributed by atoms with E-state index in [0.29, 0.717) is 0 Å². The molecule has 0 bridgehead atoms. The number of nitrogens with one attached hydrogen (secondary N) is 2. The van der Waals surface area contributed by atoms with Gasteiger partial charge in [0, 0.05) is 0 Å². The minimum Gasteiger partial charge on any atom is -0.345 e. The molecule has 0 aliphatic heterocycles. The first-order chi connectivity index (χ1) is 14.6. The third-order valence-corrected chi connectivity index (χ3v) is 6.76. The first kappa shape index (κ1) is 22.8. The topological polar surface area (TPSA) is 75.3 Å². The lowest BCUT2D eigenvalue weighted by Crippen LogP contribution is -2.27. The van der Waals surface area contributed by atoms with E-state index < -0.39 is 10.0 Å². The quantitative estimate of drug-likeness (QED) is 0.510. The van der Waals surface area contributed by atoms with E-state index in [1.807, 2.05) is 45.9 Å². The summed E-state index contributed by atoms with van der Waals surface area (Å²) in [4.78, 5) is 12.9. The van der Waals surface area contributed by atoms with Crippen LogP contribution >= 0.6 is 11.6 Å². The van der Waals surface area contributed by atoms with Crippen LogP contribution in [0.2, 0.25) is 5.02 Å². The third-order valence-electron chi connectivity index (χ3n) is 5.05. The molecule has 0 aliphatic carbocycles. The van der Waals surface area contributed by atoms with Gasteiger partial charge in [0.15, 0.2) is 0 Å². The van der Waals surface area contributed by atoms with Crippen LogP contribution in [0, 0.1) is 20.8 Å². The Morgan fingerprint density at radius 3 is 2.19 bits per heavy atom. The van der Waals surface area contributed by atoms with Crippen molar-refractivity contribution in [2.75, 3.05) is 4.72 Å². The lowest BCUT2D eigenvalue weighted by molar-refractivity contribution is 0.0940. The summed E-state index contributed by atoms with van der Waals surface area (Å²) in [5.74, 6) is -0.327. The van der Waals surface area contributed by atoms with Gasteiger partial charge in [0.2, 0.25) is 0 Å². The Hall–Kier alpha value is -2.83. The molecule has 0 saturated heterocycles. The van der Waals surface area contributed by atoms with Crippen molar-refractivity contribution < 1.29 is 13.2 Å². The number of halogens is 1. The molecule has 31 heavy (non-hydrogen) atoms. The molecule has 0 radical (unpaired) electrons. The van der Waals surface area contributed by atoms with E-state index in [-0.39, 0.29) is 33.1 Å². The van der Waals surface area contributed by atoms with Gasteiger partial charge in [-0.25, -0.2) is 8.42 Å². The highest BCUT2D eigenvalue weighted by Crippen LogP contribution is 2.25. The van der Waals surface area contributed by atoms with Gasteiger partial charge in [-0.15, -0.1) is 0 Å². The molecular weight excluding hydrogens is 432 g/mol. The largest absolute Gasteiger partial charge is 0.345 e. The van der Waals surface area contributed by atoms with E-state index in [9.17, 15) is 13.2 Å². The molecule has 1 amide bonds. The number of amides is 1. The van der Waals surface area contributed by atoms with Gasteiger partial charge < -0.3 is 5.32 Å². The summed E-state index contributed by atoms with van der Waals surface area (Å²) in [5.41, 5.74) is 4.76. The van der Waals surface area contributed by atoms with Crippen LogP contribution in [0.25, 0.3) is 0 Å². The second-order valence-corrected chi connectivity index (χ2v) is 9.76. The van der Waals surface area contributed by atoms with Crippen molar-refractivity contribution in [3.05, 3.63) is 93.5 Å². The Kier molecular flexibility index (Phi) is 6.72. The normalized spacial score (nSPS) is 12.3. The Morgan fingerprint density at radius 1 is 0.903 bits per heavy atom. The predicted octanol–water partition coefficient (Wildman–Crippen LogP) is 5.56. The summed E-state index contributed by atoms with van der Waals surface area (Å²) < 4.78 is 27.6. The fraction of sp³-hybridized carbons (Fsp3) is 0.208. The summed E-state index contributed by atoms with van der Waals surface area (Å²) in [6, 6.07) is 16.9. The van der Waals surface area contributed by atoms with Crippen molar-refractivity contribution in [1.82, 2.24) is 5.32 Å². The molecule has 0 saturated carbocycles. The Morgan fingerprint density at radius 2 is 1.55 bits per heavy atom. The number of anilines is 1. The summed E-state index contributed by atoms with van der Waals surface area (Å²) >= 11 is 6.31. The Balaban J connectivity index is 1.76. The molecule has 0 aliphatic rings. The first-order valence-corrected chi connectivity index (χ1v) is 11.7. The minimum absolute atomic E-state index is 0.151. The van der Waals surface area contributed by atoms with Gasteiger partial charge in [0.05, 0.1) is 27.2 Å². The van der Waals surface area contributed by atoms with E-state index in [1.54, 1.807) is 12.1 Å². The maximum atomic E-state index is 12.8. The number of hydrogen-bond acceptors (Lipinski definition) is 3. The number of carbonyl (C=O) groups excluding carboxylic acids is 1. The molecule has 162 valence electrons. The van der Waals surface area contributed by atoms with Crippen molar-refractivity contribution in [3.8, 4) is 0 Å². The molecule has 0 fully saturated rings. The number of aryl methyl sites for hydroxylation is 3. The van der Waals surface area contributed by atoms with Gasteiger partial charge >= 0.3 is 0 Å². The molecule has 0 spiro atoms. The predicted molar refractivity (Wildman–Crippen MR) is 125 cm³/mol. The average molecular weight is 457 g/mol. The molecule has 3 aromatic rings. The summed E-state index contributed by atoms with van der Waals surface area (Å²) in [6.07, 6.45) is 0. The first-order valence-electron chi connectivity index (χ1n) is 9.84. The van der Waals surface area contributed by atoms with Crippen LogP contribution in [0.5, 0.6) is 0 Å². The fourth-order valence-electron chi connectivity index (χ4n) is 3.27. The molecule has 2 N–H and O–H groups in total. The minimum atomic E-state index is -3.75. The number of carbonyl (C=O) groups is 1. The molecule has 0 heterocycles. The van der Waals surface area contributed by atoms with Gasteiger partial charge in [0.25, 0.3) is 15.9 Å². The smallest absolute Gasteiger partial charge is 0.261 e. The van der Waals surface area contributed by atoms with E-state index >= 15 is 0 Å². The summed E-state index contributed by atoms with van der Waals surface area (Å²) in [5, 5.41) is 3.12. The number of sulfonamides is 1. The summed E-state index contributed by atoms with van der Waals surface area (Å²) in [6.45, 7) is 7.80. The number of rotatable bonds is 6. The Labute approximate surface area is 188 Å². The number of benzene rings is 3. The van der Waals surface area contributed by atoms with Gasteiger partial charge in [-0.3, -0.25) is 9.52 Å². The van der Waals surface area contributed by atoms with E-state index in [4.69, 9.17) is 11.6 Å². The molecule has 0 unspecified atom stereocenters. The second-order valence-electron chi connectivity index (χ2n) is 7.67. The van der Waals surface area contributed by atoms with Crippen LogP contribution in [0.1, 0.15) is 45.6 Å². The molecule has 3 aromatic carbocycles. The molecule has 0 aromatic heterocycles. The average Bonchev–Trinajstić information content (AvgIpc) is 2.69. The van der Waals surface area contributed by atoms with Crippen molar-refractivity contribution in [2.45, 2.75) is 38.6 Å². The molecule has 7 heteroatoms. The molecular formula is C24H25ClN2O3S. The SMILES string of the molecule is Cc1ccc(S(=O)(=O)Nc2ccc(C(=O)N[C@H](C)c3cc(C)ccc3C)c(Cl)c2)cc1. The molecule has 5 nitrogen and oxygen atoms in total. The highest BCUT2D eigenvalue weighted by atomic mass is 35.5. The van der Waals surface area contributed by atoms with Crippen LogP contribution in [0.15, 0.2) is 65.6 Å². The standard InChI is InChI=1S/C24H25ClN2O3S/c1-15-6-10-20(11-7-15)31(29,30)27-19-9-12-21(23(25)14-19)24(28)26-18(4)22-13-16(2)5-8-17(22)3/h5-14,18,27H,1-4H3,(H,26,28)/t18-/m1/s1. The zero-order chi connectivity index (χ0) is 22.8.